The summed E-state index contributed by atoms with van der Waals surface area (Å²) in [4.78, 5) is 29.6. The molecule has 0 unspecified atom stereocenters. The van der Waals surface area contributed by atoms with Crippen LogP contribution in [0.25, 0.3) is 11.7 Å². The third-order valence-electron chi connectivity index (χ3n) is 4.56. The fourth-order valence-electron chi connectivity index (χ4n) is 2.93. The third kappa shape index (κ3) is 3.82. The Hall–Kier alpha value is -3.86. The Morgan fingerprint density at radius 3 is 2.84 bits per heavy atom. The zero-order valence-electron chi connectivity index (χ0n) is 16.2. The van der Waals surface area contributed by atoms with Crippen molar-refractivity contribution in [2.24, 2.45) is 4.99 Å². The van der Waals surface area contributed by atoms with Gasteiger partial charge in [0.05, 0.1) is 19.3 Å². The van der Waals surface area contributed by atoms with Crippen LogP contribution in [0.4, 0.5) is 0 Å². The molecule has 0 radical (unpaired) electrons. The second-order valence-corrected chi connectivity index (χ2v) is 7.32. The van der Waals surface area contributed by atoms with E-state index >= 15 is 0 Å². The number of aromatic nitrogens is 6. The lowest BCUT2D eigenvalue weighted by Crippen LogP contribution is -2.23. The van der Waals surface area contributed by atoms with Crippen LogP contribution < -0.4 is 26.0 Å². The molecule has 0 amide bonds. The lowest BCUT2D eigenvalue weighted by molar-refractivity contribution is 0.366. The van der Waals surface area contributed by atoms with E-state index in [1.54, 1.807) is 18.2 Å². The lowest BCUT2D eigenvalue weighted by atomic mass is 10.3. The monoisotopic (exact) mass is 441 g/mol. The first-order valence-corrected chi connectivity index (χ1v) is 9.72. The first-order valence-electron chi connectivity index (χ1n) is 9.34. The Balaban J connectivity index is 1.68. The summed E-state index contributed by atoms with van der Waals surface area (Å²) >= 11 is 6.02. The van der Waals surface area contributed by atoms with Crippen LogP contribution in [-0.2, 0) is 0 Å². The van der Waals surface area contributed by atoms with Gasteiger partial charge in [0.2, 0.25) is 5.88 Å². The second-order valence-electron chi connectivity index (χ2n) is 6.88. The average Bonchev–Trinajstić information content (AvgIpc) is 3.38. The van der Waals surface area contributed by atoms with Crippen molar-refractivity contribution in [2.45, 2.75) is 18.9 Å². The van der Waals surface area contributed by atoms with E-state index in [2.05, 4.69) is 30.0 Å². The number of rotatable bonds is 5. The van der Waals surface area contributed by atoms with Gasteiger partial charge in [-0.3, -0.25) is 4.98 Å². The molecule has 158 valence electrons. The molecule has 1 saturated carbocycles. The molecule has 5 rings (SSSR count). The highest BCUT2D eigenvalue weighted by atomic mass is 35.5. The molecule has 3 heterocycles. The van der Waals surface area contributed by atoms with Crippen molar-refractivity contribution < 1.29 is 14.6 Å². The number of ether oxygens (including phenoxy) is 2. The first-order chi connectivity index (χ1) is 15.0. The molecule has 0 bridgehead atoms. The highest BCUT2D eigenvalue weighted by molar-refractivity contribution is 6.30. The van der Waals surface area contributed by atoms with Crippen LogP contribution in [0.1, 0.15) is 18.5 Å². The minimum atomic E-state index is -0.530. The van der Waals surface area contributed by atoms with Crippen molar-refractivity contribution in [1.82, 2.24) is 29.5 Å². The van der Waals surface area contributed by atoms with Gasteiger partial charge in [-0.2, -0.15) is 19.6 Å². The second kappa shape index (κ2) is 7.43. The molecule has 12 heteroatoms. The molecular weight excluding hydrogens is 426 g/mol. The zero-order chi connectivity index (χ0) is 21.5. The van der Waals surface area contributed by atoms with Crippen molar-refractivity contribution in [2.75, 3.05) is 7.11 Å². The first kappa shape index (κ1) is 19.1. The lowest BCUT2D eigenvalue weighted by Gasteiger charge is -2.09. The van der Waals surface area contributed by atoms with Gasteiger partial charge in [-0.15, -0.1) is 0 Å². The summed E-state index contributed by atoms with van der Waals surface area (Å²) in [5.41, 5.74) is 0.389. The predicted octanol–water partition coefficient (Wildman–Crippen LogP) is 0.911. The molecule has 1 aliphatic rings. The predicted molar refractivity (Wildman–Crippen MR) is 109 cm³/mol. The van der Waals surface area contributed by atoms with Crippen LogP contribution in [-0.4, -0.2) is 47.8 Å². The van der Waals surface area contributed by atoms with Crippen LogP contribution in [0.15, 0.2) is 34.2 Å². The number of fused-ring (bicyclic) bond motifs is 1. The quantitative estimate of drug-likeness (QED) is 0.417. The Kier molecular flexibility index (Phi) is 4.59. The summed E-state index contributed by atoms with van der Waals surface area (Å²) in [6.45, 7) is 0. The van der Waals surface area contributed by atoms with Crippen LogP contribution in [0.2, 0.25) is 5.02 Å². The molecule has 11 nitrogen and oxygen atoms in total. The van der Waals surface area contributed by atoms with Crippen molar-refractivity contribution >= 4 is 23.3 Å². The molecule has 0 spiro atoms. The highest BCUT2D eigenvalue weighted by Gasteiger charge is 2.21. The van der Waals surface area contributed by atoms with Gasteiger partial charge in [0, 0.05) is 16.3 Å². The average molecular weight is 442 g/mol. The summed E-state index contributed by atoms with van der Waals surface area (Å²) in [6, 6.07) is 5.15. The van der Waals surface area contributed by atoms with Crippen LogP contribution in [0.3, 0.4) is 0 Å². The third-order valence-corrected chi connectivity index (χ3v) is 4.80. The number of aromatic hydroxyl groups is 1. The van der Waals surface area contributed by atoms with Crippen LogP contribution >= 0.6 is 11.6 Å². The summed E-state index contributed by atoms with van der Waals surface area (Å²) in [5.74, 6) is 0.515. The molecule has 0 atom stereocenters. The molecule has 31 heavy (non-hydrogen) atoms. The van der Waals surface area contributed by atoms with Crippen molar-refractivity contribution in [1.29, 1.82) is 0 Å². The van der Waals surface area contributed by atoms with Gasteiger partial charge in [-0.25, -0.2) is 9.79 Å². The number of benzene rings is 1. The van der Waals surface area contributed by atoms with Gasteiger partial charge >= 0.3 is 11.7 Å². The van der Waals surface area contributed by atoms with Crippen LogP contribution in [0.5, 0.6) is 23.4 Å². The van der Waals surface area contributed by atoms with E-state index in [1.807, 2.05) is 0 Å². The molecule has 4 aromatic rings. The fourth-order valence-corrected chi connectivity index (χ4v) is 3.09. The zero-order valence-corrected chi connectivity index (χ0v) is 16.9. The topological polar surface area (TPSA) is 143 Å². The number of halogens is 1. The summed E-state index contributed by atoms with van der Waals surface area (Å²) in [6.07, 6.45) is 5.03. The maximum absolute atomic E-state index is 11.4. The standard InChI is InChI=1S/C19H16ClN7O4/c1-30-14-7-10(20)2-5-13(14)31-19-24-15-9(6-12-16(28)25-18(29)23-12)8-21-27(15)17(26-19)22-11-3-4-11/h2,5-8,11,28H,3-4H2,1H3,(H2,23,25,29). The largest absolute Gasteiger partial charge is 0.493 e. The van der Waals surface area contributed by atoms with Gasteiger partial charge in [0.25, 0.3) is 5.62 Å². The maximum atomic E-state index is 11.4. The number of nitrogens with one attached hydrogen (secondary N) is 2. The molecule has 1 fully saturated rings. The van der Waals surface area contributed by atoms with Gasteiger partial charge in [-0.1, -0.05) is 11.6 Å². The Labute approximate surface area is 178 Å². The Bertz CT molecular complexity index is 1470. The molecule has 0 saturated heterocycles. The van der Waals surface area contributed by atoms with Crippen molar-refractivity contribution in [3.05, 3.63) is 56.4 Å². The van der Waals surface area contributed by atoms with E-state index in [9.17, 15) is 9.90 Å². The molecule has 3 N–H and O–H groups in total. The number of nitrogens with zero attached hydrogens (tertiary/aromatic N) is 5. The molecule has 1 aliphatic carbocycles. The SMILES string of the molecule is COc1cc(Cl)ccc1Oc1nc(=NC2CC2)n2ncc(=Cc3[nH]c(=O)[nH]c3O)c2n1. The van der Waals surface area contributed by atoms with E-state index in [-0.39, 0.29) is 23.6 Å². The number of hydrogen-bond acceptors (Lipinski definition) is 8. The Morgan fingerprint density at radius 1 is 1.29 bits per heavy atom. The number of H-pyrrole nitrogens is 2. The van der Waals surface area contributed by atoms with E-state index in [1.165, 1.54) is 23.9 Å². The van der Waals surface area contributed by atoms with E-state index in [4.69, 9.17) is 21.1 Å². The summed E-state index contributed by atoms with van der Waals surface area (Å²) < 4.78 is 12.7. The summed E-state index contributed by atoms with van der Waals surface area (Å²) in [5, 5.41) is 15.2. The van der Waals surface area contributed by atoms with Crippen molar-refractivity contribution in [3.63, 3.8) is 0 Å². The van der Waals surface area contributed by atoms with Gasteiger partial charge in [0.1, 0.15) is 5.69 Å². The molecular formula is C19H16ClN7O4. The molecule has 1 aromatic carbocycles. The minimum absolute atomic E-state index is 0.0365. The van der Waals surface area contributed by atoms with Gasteiger partial charge in [0.15, 0.2) is 17.1 Å². The summed E-state index contributed by atoms with van der Waals surface area (Å²) in [7, 11) is 1.50. The molecule has 0 aliphatic heterocycles. The van der Waals surface area contributed by atoms with E-state index < -0.39 is 5.69 Å². The Morgan fingerprint density at radius 2 is 2.13 bits per heavy atom. The number of imidazole rings is 1. The number of methoxy groups -OCH3 is 1. The van der Waals surface area contributed by atoms with E-state index in [0.29, 0.717) is 33.0 Å². The molecule has 3 aromatic heterocycles. The highest BCUT2D eigenvalue weighted by Crippen LogP contribution is 2.32. The van der Waals surface area contributed by atoms with Crippen molar-refractivity contribution in [3.8, 4) is 23.4 Å². The fraction of sp³-hybridized carbons (Fsp3) is 0.211. The normalized spacial score (nSPS) is 15.0. The smallest absolute Gasteiger partial charge is 0.327 e. The van der Waals surface area contributed by atoms with Crippen LogP contribution in [0, 0.1) is 0 Å². The van der Waals surface area contributed by atoms with E-state index in [0.717, 1.165) is 12.8 Å². The minimum Gasteiger partial charge on any atom is -0.493 e. The van der Waals surface area contributed by atoms with Gasteiger partial charge in [-0.05, 0) is 31.1 Å². The number of hydrogen-bond donors (Lipinski definition) is 3. The maximum Gasteiger partial charge on any atom is 0.327 e. The number of aromatic amines is 2. The van der Waals surface area contributed by atoms with Gasteiger partial charge < -0.3 is 19.6 Å².